The molecule has 0 aliphatic carbocycles. The fraction of sp³-hybridized carbons (Fsp3) is 0.125. The van der Waals surface area contributed by atoms with Gasteiger partial charge in [0.1, 0.15) is 12.2 Å². The summed E-state index contributed by atoms with van der Waals surface area (Å²) >= 11 is 0. The molecule has 5 heteroatoms. The second-order valence-electron chi connectivity index (χ2n) is 6.99. The van der Waals surface area contributed by atoms with Crippen LogP contribution in [0.5, 0.6) is 0 Å². The van der Waals surface area contributed by atoms with Crippen LogP contribution in [-0.4, -0.2) is 11.9 Å². The minimum atomic E-state index is -0.390. The van der Waals surface area contributed by atoms with Gasteiger partial charge in [0.2, 0.25) is 0 Å². The summed E-state index contributed by atoms with van der Waals surface area (Å²) in [5.74, 6) is -0.722. The molecule has 3 aromatic rings. The van der Waals surface area contributed by atoms with Gasteiger partial charge in [-0.15, -0.1) is 0 Å². The molecule has 1 N–H and O–H groups in total. The highest BCUT2D eigenvalue weighted by Crippen LogP contribution is 2.31. The Morgan fingerprint density at radius 1 is 1.10 bits per heavy atom. The number of cyclic esters (lactones) is 1. The van der Waals surface area contributed by atoms with Crippen molar-refractivity contribution in [1.29, 1.82) is 5.26 Å². The molecule has 29 heavy (non-hydrogen) atoms. The molecule has 5 nitrogen and oxygen atoms in total. The van der Waals surface area contributed by atoms with Crippen LogP contribution in [0.2, 0.25) is 0 Å². The predicted octanol–water partition coefficient (Wildman–Crippen LogP) is 4.57. The summed E-state index contributed by atoms with van der Waals surface area (Å²) in [7, 11) is 0. The molecular formula is C24H18N2O3. The minimum absolute atomic E-state index is 0.332. The van der Waals surface area contributed by atoms with Gasteiger partial charge in [-0.05, 0) is 48.4 Å². The largest absolute Gasteiger partial charge is 0.454 e. The minimum Gasteiger partial charge on any atom is -0.454 e. The fourth-order valence-electron chi connectivity index (χ4n) is 3.39. The van der Waals surface area contributed by atoms with Gasteiger partial charge in [0, 0.05) is 12.0 Å². The van der Waals surface area contributed by atoms with Gasteiger partial charge in [-0.2, -0.15) is 5.26 Å². The molecule has 0 saturated carbocycles. The summed E-state index contributed by atoms with van der Waals surface area (Å²) in [6.07, 6.45) is 0.119. The summed E-state index contributed by atoms with van der Waals surface area (Å²) in [6, 6.07) is 21.7. The van der Waals surface area contributed by atoms with E-state index in [0.717, 1.165) is 16.7 Å². The van der Waals surface area contributed by atoms with Crippen LogP contribution in [-0.2, 0) is 11.2 Å². The number of hydrogen-bond donors (Lipinski definition) is 1. The van der Waals surface area contributed by atoms with E-state index in [1.54, 1.807) is 42.5 Å². The predicted molar refractivity (Wildman–Crippen MR) is 109 cm³/mol. The van der Waals surface area contributed by atoms with Gasteiger partial charge >= 0.3 is 5.97 Å². The Hall–Kier alpha value is -3.91. The van der Waals surface area contributed by atoms with Crippen LogP contribution in [0.3, 0.4) is 0 Å². The first kappa shape index (κ1) is 18.5. The molecule has 0 aromatic heterocycles. The zero-order valence-electron chi connectivity index (χ0n) is 15.8. The van der Waals surface area contributed by atoms with Crippen molar-refractivity contribution in [2.75, 3.05) is 5.32 Å². The lowest BCUT2D eigenvalue weighted by molar-refractivity contribution is 0.0252. The van der Waals surface area contributed by atoms with E-state index in [1.165, 1.54) is 0 Å². The Bertz CT molecular complexity index is 1140. The van der Waals surface area contributed by atoms with E-state index in [4.69, 9.17) is 4.74 Å². The number of benzene rings is 3. The number of esters is 1. The van der Waals surface area contributed by atoms with E-state index in [0.29, 0.717) is 28.8 Å². The summed E-state index contributed by atoms with van der Waals surface area (Å²) in [6.45, 7) is 2.00. The number of ether oxygens (including phenoxy) is 1. The van der Waals surface area contributed by atoms with Crippen molar-refractivity contribution in [3.05, 3.63) is 100 Å². The number of carbonyl (C=O) groups excluding carboxylic acids is 2. The molecule has 0 radical (unpaired) electrons. The lowest BCUT2D eigenvalue weighted by atomic mass is 9.92. The van der Waals surface area contributed by atoms with Crippen molar-refractivity contribution < 1.29 is 14.3 Å². The number of para-hydroxylation sites is 1. The first-order valence-corrected chi connectivity index (χ1v) is 9.26. The topological polar surface area (TPSA) is 79.2 Å². The van der Waals surface area contributed by atoms with Crippen LogP contribution in [0.1, 0.15) is 49.1 Å². The molecule has 4 rings (SSSR count). The Balaban J connectivity index is 1.60. The number of amides is 1. The Morgan fingerprint density at radius 2 is 1.86 bits per heavy atom. The Kier molecular flexibility index (Phi) is 4.84. The maximum atomic E-state index is 12.7. The van der Waals surface area contributed by atoms with Crippen LogP contribution >= 0.6 is 0 Å². The SMILES string of the molecule is Cc1ccc(C2Cc3cc(C(=O)Nc4ccccc4C#N)ccc3C(=O)O2)cc1. The van der Waals surface area contributed by atoms with Crippen LogP contribution in [0, 0.1) is 18.3 Å². The molecular weight excluding hydrogens is 364 g/mol. The van der Waals surface area contributed by atoms with Crippen molar-refractivity contribution in [2.24, 2.45) is 0 Å². The molecule has 0 spiro atoms. The first-order valence-electron chi connectivity index (χ1n) is 9.26. The maximum Gasteiger partial charge on any atom is 0.339 e. The number of anilines is 1. The third-order valence-electron chi connectivity index (χ3n) is 4.99. The fourth-order valence-corrected chi connectivity index (χ4v) is 3.39. The molecule has 142 valence electrons. The summed E-state index contributed by atoms with van der Waals surface area (Å²) < 4.78 is 5.59. The van der Waals surface area contributed by atoms with Crippen molar-refractivity contribution in [1.82, 2.24) is 0 Å². The van der Waals surface area contributed by atoms with E-state index in [2.05, 4.69) is 11.4 Å². The lowest BCUT2D eigenvalue weighted by Gasteiger charge is -2.25. The van der Waals surface area contributed by atoms with Crippen LogP contribution in [0.25, 0.3) is 0 Å². The molecule has 1 aliphatic heterocycles. The molecule has 1 aliphatic rings. The number of aryl methyl sites for hydroxylation is 1. The highest BCUT2D eigenvalue weighted by atomic mass is 16.5. The van der Waals surface area contributed by atoms with Gasteiger partial charge < -0.3 is 10.1 Å². The third kappa shape index (κ3) is 3.74. The van der Waals surface area contributed by atoms with Crippen LogP contribution in [0.4, 0.5) is 5.69 Å². The average Bonchev–Trinajstić information content (AvgIpc) is 2.74. The zero-order chi connectivity index (χ0) is 20.4. The van der Waals surface area contributed by atoms with Crippen molar-refractivity contribution in [2.45, 2.75) is 19.4 Å². The molecule has 1 atom stereocenters. The van der Waals surface area contributed by atoms with E-state index in [1.807, 2.05) is 31.2 Å². The van der Waals surface area contributed by atoms with Crippen LogP contribution < -0.4 is 5.32 Å². The second-order valence-corrected chi connectivity index (χ2v) is 6.99. The van der Waals surface area contributed by atoms with Crippen molar-refractivity contribution >= 4 is 17.6 Å². The highest BCUT2D eigenvalue weighted by Gasteiger charge is 2.28. The zero-order valence-corrected chi connectivity index (χ0v) is 15.8. The number of fused-ring (bicyclic) bond motifs is 1. The number of rotatable bonds is 3. The summed E-state index contributed by atoms with van der Waals surface area (Å²) in [4.78, 5) is 25.1. The average molecular weight is 382 g/mol. The Morgan fingerprint density at radius 3 is 2.62 bits per heavy atom. The monoisotopic (exact) mass is 382 g/mol. The molecule has 1 heterocycles. The molecule has 0 fully saturated rings. The Labute approximate surface area is 168 Å². The maximum absolute atomic E-state index is 12.7. The molecule has 3 aromatic carbocycles. The second kappa shape index (κ2) is 7.61. The van der Waals surface area contributed by atoms with E-state index in [9.17, 15) is 14.9 Å². The number of nitriles is 1. The van der Waals surface area contributed by atoms with Gasteiger partial charge in [0.15, 0.2) is 0 Å². The number of carbonyl (C=O) groups is 2. The van der Waals surface area contributed by atoms with Gasteiger partial charge in [-0.3, -0.25) is 4.79 Å². The van der Waals surface area contributed by atoms with Gasteiger partial charge in [0.25, 0.3) is 5.91 Å². The van der Waals surface area contributed by atoms with Crippen LogP contribution in [0.15, 0.2) is 66.7 Å². The smallest absolute Gasteiger partial charge is 0.339 e. The van der Waals surface area contributed by atoms with E-state index < -0.39 is 5.97 Å². The quantitative estimate of drug-likeness (QED) is 0.673. The van der Waals surface area contributed by atoms with Crippen molar-refractivity contribution in [3.8, 4) is 6.07 Å². The number of hydrogen-bond acceptors (Lipinski definition) is 4. The highest BCUT2D eigenvalue weighted by molar-refractivity contribution is 6.06. The summed E-state index contributed by atoms with van der Waals surface area (Å²) in [5, 5.41) is 12.0. The van der Waals surface area contributed by atoms with Gasteiger partial charge in [-0.25, -0.2) is 4.79 Å². The third-order valence-corrected chi connectivity index (χ3v) is 4.99. The van der Waals surface area contributed by atoms with E-state index >= 15 is 0 Å². The standard InChI is InChI=1S/C24H18N2O3/c1-15-6-8-16(9-7-15)22-13-19-12-17(10-11-20(19)24(28)29-22)23(27)26-21-5-3-2-4-18(21)14-25/h2-12,22H,13H2,1H3,(H,26,27). The molecule has 0 saturated heterocycles. The van der Waals surface area contributed by atoms with Gasteiger partial charge in [-0.1, -0.05) is 42.0 Å². The molecule has 1 unspecified atom stereocenters. The molecule has 1 amide bonds. The van der Waals surface area contributed by atoms with Gasteiger partial charge in [0.05, 0.1) is 16.8 Å². The molecule has 0 bridgehead atoms. The number of nitrogens with one attached hydrogen (secondary N) is 1. The van der Waals surface area contributed by atoms with Crippen molar-refractivity contribution in [3.63, 3.8) is 0 Å². The summed E-state index contributed by atoms with van der Waals surface area (Å²) in [5.41, 5.74) is 4.57. The van der Waals surface area contributed by atoms with E-state index in [-0.39, 0.29) is 12.0 Å². The lowest BCUT2D eigenvalue weighted by Crippen LogP contribution is -2.23. The number of nitrogens with zero attached hydrogens (tertiary/aromatic N) is 1. The first-order chi connectivity index (χ1) is 14.0. The normalized spacial score (nSPS) is 15.0.